The fourth-order valence-electron chi connectivity index (χ4n) is 6.75. The molecule has 8 heteroatoms. The normalized spacial score (nSPS) is 22.6. The van der Waals surface area contributed by atoms with E-state index in [9.17, 15) is 18.0 Å². The molecule has 41 heavy (non-hydrogen) atoms. The molecule has 1 saturated carbocycles. The number of nitrogens with zero attached hydrogens (tertiary/aromatic N) is 1. The molecular formula is C33H38N2O5S. The molecule has 0 unspecified atom stereocenters. The zero-order valence-corrected chi connectivity index (χ0v) is 25.1. The summed E-state index contributed by atoms with van der Waals surface area (Å²) in [6.45, 7) is 10.8. The molecule has 2 aliphatic rings. The summed E-state index contributed by atoms with van der Waals surface area (Å²) < 4.78 is 35.1. The average Bonchev–Trinajstić information content (AvgIpc) is 3.18. The van der Waals surface area contributed by atoms with Crippen molar-refractivity contribution in [2.24, 2.45) is 10.8 Å². The zero-order valence-electron chi connectivity index (χ0n) is 24.3. The monoisotopic (exact) mass is 574 g/mol. The fraction of sp³-hybridized carbons (Fsp3) is 0.394. The first-order valence-electron chi connectivity index (χ1n) is 14.0. The van der Waals surface area contributed by atoms with Gasteiger partial charge in [0.25, 0.3) is 5.91 Å². The van der Waals surface area contributed by atoms with Gasteiger partial charge in [0.2, 0.25) is 16.1 Å². The number of amides is 1. The predicted molar refractivity (Wildman–Crippen MR) is 159 cm³/mol. The predicted octanol–water partition coefficient (Wildman–Crippen LogP) is 6.43. The van der Waals surface area contributed by atoms with E-state index in [1.54, 1.807) is 34.6 Å². The van der Waals surface area contributed by atoms with E-state index in [0.29, 0.717) is 17.8 Å². The lowest BCUT2D eigenvalue weighted by Gasteiger charge is -2.39. The highest BCUT2D eigenvalue weighted by Gasteiger charge is 2.53. The van der Waals surface area contributed by atoms with Crippen LogP contribution < -0.4 is 5.32 Å². The molecule has 5 rings (SSSR count). The van der Waals surface area contributed by atoms with Crippen LogP contribution in [0.15, 0.2) is 77.7 Å². The van der Waals surface area contributed by atoms with Gasteiger partial charge in [0, 0.05) is 23.8 Å². The fourth-order valence-corrected chi connectivity index (χ4v) is 8.57. The van der Waals surface area contributed by atoms with Crippen molar-refractivity contribution < 1.29 is 22.7 Å². The molecule has 1 saturated heterocycles. The Bertz CT molecular complexity index is 1580. The summed E-state index contributed by atoms with van der Waals surface area (Å²) in [6.07, 6.45) is 1.38. The van der Waals surface area contributed by atoms with Crippen molar-refractivity contribution in [2.45, 2.75) is 70.9 Å². The van der Waals surface area contributed by atoms with Crippen LogP contribution in [0.5, 0.6) is 0 Å². The lowest BCUT2D eigenvalue weighted by atomic mass is 9.65. The molecule has 1 N–H and O–H groups in total. The van der Waals surface area contributed by atoms with Gasteiger partial charge in [0.1, 0.15) is 0 Å². The third-order valence-electron chi connectivity index (χ3n) is 8.26. The number of hydrogen-bond donors (Lipinski definition) is 1. The standard InChI is InChI=1S/C33H38N2O5S/c1-22-14-15-23(2)28(16-22)34-30(36)29(24-10-7-6-8-11-24)40-31(37)25-12-9-13-27(17-25)41(38,39)35-21-33(5)19-26(35)18-32(3,4)20-33/h6-17,26,29H,18-21H2,1-5H3,(H,34,36)/t26-,29-,33-/m1/s1. The average molecular weight is 575 g/mol. The molecule has 3 atom stereocenters. The van der Waals surface area contributed by atoms with Gasteiger partial charge in [-0.2, -0.15) is 4.31 Å². The van der Waals surface area contributed by atoms with Crippen LogP contribution in [0.1, 0.15) is 73.2 Å². The lowest BCUT2D eigenvalue weighted by Crippen LogP contribution is -2.37. The van der Waals surface area contributed by atoms with E-state index in [1.807, 2.05) is 38.1 Å². The first-order chi connectivity index (χ1) is 19.3. The van der Waals surface area contributed by atoms with Crippen molar-refractivity contribution in [3.63, 3.8) is 0 Å². The second-order valence-corrected chi connectivity index (χ2v) is 14.7. The SMILES string of the molecule is Cc1ccc(C)c(NC(=O)[C@H](OC(=O)c2cccc(S(=O)(=O)N3C[C@]4(C)C[C@H]3CC(C)(C)C4)c2)c2ccccc2)c1. The number of hydrogen-bond acceptors (Lipinski definition) is 5. The second kappa shape index (κ2) is 10.7. The van der Waals surface area contributed by atoms with E-state index < -0.39 is 28.0 Å². The third-order valence-corrected chi connectivity index (χ3v) is 10.2. The molecule has 1 amide bonds. The topological polar surface area (TPSA) is 92.8 Å². The molecule has 7 nitrogen and oxygen atoms in total. The number of anilines is 1. The van der Waals surface area contributed by atoms with Crippen LogP contribution in [-0.2, 0) is 19.6 Å². The van der Waals surface area contributed by atoms with Crippen molar-refractivity contribution in [3.05, 3.63) is 95.1 Å². The molecule has 1 aliphatic carbocycles. The van der Waals surface area contributed by atoms with E-state index in [2.05, 4.69) is 26.1 Å². The van der Waals surface area contributed by atoms with E-state index in [4.69, 9.17) is 4.74 Å². The van der Waals surface area contributed by atoms with Crippen molar-refractivity contribution in [2.75, 3.05) is 11.9 Å². The Kier molecular flexibility index (Phi) is 7.59. The molecule has 0 radical (unpaired) electrons. The van der Waals surface area contributed by atoms with Crippen molar-refractivity contribution >= 4 is 27.6 Å². The van der Waals surface area contributed by atoms with Gasteiger partial charge in [-0.05, 0) is 79.3 Å². The highest BCUT2D eigenvalue weighted by molar-refractivity contribution is 7.89. The Labute approximate surface area is 243 Å². The first kappa shape index (κ1) is 29.0. The zero-order chi connectivity index (χ0) is 29.6. The van der Waals surface area contributed by atoms with Gasteiger partial charge >= 0.3 is 5.97 Å². The minimum atomic E-state index is -3.84. The van der Waals surface area contributed by atoms with E-state index in [0.717, 1.165) is 30.4 Å². The van der Waals surface area contributed by atoms with Crippen LogP contribution in [0.25, 0.3) is 0 Å². The maximum absolute atomic E-state index is 13.8. The number of benzene rings is 3. The smallest absolute Gasteiger partial charge is 0.339 e. The molecular weight excluding hydrogens is 536 g/mol. The molecule has 1 aliphatic heterocycles. The van der Waals surface area contributed by atoms with Gasteiger partial charge in [0.05, 0.1) is 10.5 Å². The van der Waals surface area contributed by atoms with Gasteiger partial charge in [-0.15, -0.1) is 0 Å². The lowest BCUT2D eigenvalue weighted by molar-refractivity contribution is -0.125. The number of nitrogens with one attached hydrogen (secondary N) is 1. The van der Waals surface area contributed by atoms with Gasteiger partial charge in [-0.1, -0.05) is 69.3 Å². The quantitative estimate of drug-likeness (QED) is 0.328. The number of rotatable bonds is 7. The van der Waals surface area contributed by atoms with Gasteiger partial charge in [-0.25, -0.2) is 13.2 Å². The molecule has 3 aromatic rings. The summed E-state index contributed by atoms with van der Waals surface area (Å²) in [5.74, 6) is -1.28. The van der Waals surface area contributed by atoms with Crippen LogP contribution in [0, 0.1) is 24.7 Å². The molecule has 2 fully saturated rings. The van der Waals surface area contributed by atoms with Crippen molar-refractivity contribution in [1.29, 1.82) is 0 Å². The van der Waals surface area contributed by atoms with Crippen LogP contribution in [-0.4, -0.2) is 37.2 Å². The molecule has 0 aromatic heterocycles. The van der Waals surface area contributed by atoms with Crippen LogP contribution in [0.2, 0.25) is 0 Å². The summed E-state index contributed by atoms with van der Waals surface area (Å²) in [5, 5.41) is 2.89. The summed E-state index contributed by atoms with van der Waals surface area (Å²) >= 11 is 0. The molecule has 2 bridgehead atoms. The van der Waals surface area contributed by atoms with E-state index >= 15 is 0 Å². The minimum Gasteiger partial charge on any atom is -0.444 e. The molecule has 0 spiro atoms. The highest BCUT2D eigenvalue weighted by atomic mass is 32.2. The van der Waals surface area contributed by atoms with Crippen LogP contribution >= 0.6 is 0 Å². The summed E-state index contributed by atoms with van der Waals surface area (Å²) in [7, 11) is -3.84. The maximum Gasteiger partial charge on any atom is 0.339 e. The first-order valence-corrected chi connectivity index (χ1v) is 15.5. The van der Waals surface area contributed by atoms with Gasteiger partial charge in [0.15, 0.2) is 0 Å². The largest absolute Gasteiger partial charge is 0.444 e. The van der Waals surface area contributed by atoms with Crippen molar-refractivity contribution in [1.82, 2.24) is 4.31 Å². The summed E-state index contributed by atoms with van der Waals surface area (Å²) in [4.78, 5) is 26.9. The Balaban J connectivity index is 1.40. The number of carbonyl (C=O) groups is 2. The second-order valence-electron chi connectivity index (χ2n) is 12.8. The Hall–Kier alpha value is -3.49. The number of aryl methyl sites for hydroxylation is 2. The number of ether oxygens (including phenoxy) is 1. The number of sulfonamides is 1. The van der Waals surface area contributed by atoms with Gasteiger partial charge in [-0.3, -0.25) is 4.79 Å². The van der Waals surface area contributed by atoms with E-state index in [-0.39, 0.29) is 27.3 Å². The number of esters is 1. The molecule has 1 heterocycles. The third kappa shape index (κ3) is 6.09. The maximum atomic E-state index is 13.8. The molecule has 216 valence electrons. The number of fused-ring (bicyclic) bond motifs is 2. The Morgan fingerprint density at radius 2 is 1.68 bits per heavy atom. The van der Waals surface area contributed by atoms with E-state index in [1.165, 1.54) is 18.2 Å². The minimum absolute atomic E-state index is 0.0528. The Morgan fingerprint density at radius 1 is 0.951 bits per heavy atom. The van der Waals surface area contributed by atoms with Crippen LogP contribution in [0.3, 0.4) is 0 Å². The van der Waals surface area contributed by atoms with Crippen LogP contribution in [0.4, 0.5) is 5.69 Å². The summed E-state index contributed by atoms with van der Waals surface area (Å²) in [5.41, 5.74) is 3.07. The summed E-state index contributed by atoms with van der Waals surface area (Å²) in [6, 6.07) is 20.4. The van der Waals surface area contributed by atoms with Gasteiger partial charge < -0.3 is 10.1 Å². The van der Waals surface area contributed by atoms with Crippen molar-refractivity contribution in [3.8, 4) is 0 Å². The highest BCUT2D eigenvalue weighted by Crippen LogP contribution is 2.53. The number of carbonyl (C=O) groups excluding carboxylic acids is 2. The Morgan fingerprint density at radius 3 is 2.41 bits per heavy atom. The molecule has 3 aromatic carbocycles.